The fraction of sp³-hybridized carbons (Fsp3) is 0.900. The van der Waals surface area contributed by atoms with Crippen molar-refractivity contribution in [1.29, 1.82) is 0 Å². The molecule has 0 N–H and O–H groups in total. The minimum atomic E-state index is 0.576. The Balaban J connectivity index is 2.19. The lowest BCUT2D eigenvalue weighted by atomic mass is 10.2. The Labute approximate surface area is 80.0 Å². The number of rotatable bonds is 4. The molecule has 0 spiro atoms. The molecule has 1 heterocycles. The molecule has 0 bridgehead atoms. The van der Waals surface area contributed by atoms with E-state index in [-0.39, 0.29) is 0 Å². The average molecular weight is 185 g/mol. The van der Waals surface area contributed by atoms with Crippen LogP contribution in [0.25, 0.3) is 0 Å². The summed E-state index contributed by atoms with van der Waals surface area (Å²) in [6.45, 7) is 6.65. The molecule has 1 rings (SSSR count). The Morgan fingerprint density at radius 1 is 1.42 bits per heavy atom. The maximum atomic E-state index is 4.62. The molecule has 0 saturated heterocycles. The molecule has 2 atom stereocenters. The van der Waals surface area contributed by atoms with Crippen LogP contribution in [0, 0.1) is 0 Å². The van der Waals surface area contributed by atoms with Gasteiger partial charge in [0.2, 0.25) is 0 Å². The summed E-state index contributed by atoms with van der Waals surface area (Å²) >= 11 is 2.02. The van der Waals surface area contributed by atoms with Gasteiger partial charge in [-0.05, 0) is 20.3 Å². The molecular formula is C10H19NS. The van der Waals surface area contributed by atoms with Crippen LogP contribution in [0.3, 0.4) is 0 Å². The third-order valence-electron chi connectivity index (χ3n) is 2.35. The summed E-state index contributed by atoms with van der Waals surface area (Å²) in [6.07, 6.45) is 5.30. The fourth-order valence-corrected chi connectivity index (χ4v) is 2.66. The van der Waals surface area contributed by atoms with E-state index < -0.39 is 0 Å². The first-order chi connectivity index (χ1) is 5.74. The lowest BCUT2D eigenvalue weighted by molar-refractivity contribution is 0.658. The third kappa shape index (κ3) is 2.81. The Hall–Kier alpha value is 0.0200. The van der Waals surface area contributed by atoms with Crippen LogP contribution in [0.2, 0.25) is 0 Å². The highest BCUT2D eigenvalue weighted by atomic mass is 32.2. The van der Waals surface area contributed by atoms with Crippen molar-refractivity contribution in [1.82, 2.24) is 0 Å². The Morgan fingerprint density at radius 3 is 2.67 bits per heavy atom. The second-order valence-corrected chi connectivity index (χ2v) is 5.02. The lowest BCUT2D eigenvalue weighted by Gasteiger charge is -2.06. The van der Waals surface area contributed by atoms with Crippen LogP contribution < -0.4 is 0 Å². The zero-order valence-electron chi connectivity index (χ0n) is 8.34. The van der Waals surface area contributed by atoms with Crippen molar-refractivity contribution in [2.75, 3.05) is 0 Å². The van der Waals surface area contributed by atoms with Crippen molar-refractivity contribution in [2.24, 2.45) is 4.99 Å². The molecule has 1 aliphatic heterocycles. The van der Waals surface area contributed by atoms with E-state index in [9.17, 15) is 0 Å². The van der Waals surface area contributed by atoms with Crippen LogP contribution in [-0.4, -0.2) is 16.3 Å². The molecule has 0 saturated carbocycles. The van der Waals surface area contributed by atoms with Crippen molar-refractivity contribution in [3.8, 4) is 0 Å². The van der Waals surface area contributed by atoms with E-state index in [0.29, 0.717) is 10.6 Å². The predicted molar refractivity (Wildman–Crippen MR) is 58.1 cm³/mol. The molecule has 0 aromatic carbocycles. The van der Waals surface area contributed by atoms with Gasteiger partial charge in [-0.2, -0.15) is 0 Å². The Bertz CT molecular complexity index is 165. The van der Waals surface area contributed by atoms with Crippen LogP contribution in [0.5, 0.6) is 0 Å². The van der Waals surface area contributed by atoms with Gasteiger partial charge in [0.1, 0.15) is 0 Å². The number of aliphatic imine (C=N–C) groups is 1. The number of thioether (sulfide) groups is 1. The topological polar surface area (TPSA) is 12.4 Å². The highest BCUT2D eigenvalue weighted by molar-refractivity contribution is 8.01. The van der Waals surface area contributed by atoms with Gasteiger partial charge in [-0.3, -0.25) is 4.99 Å². The summed E-state index contributed by atoms with van der Waals surface area (Å²) in [5.74, 6) is 0. The quantitative estimate of drug-likeness (QED) is 0.611. The first-order valence-electron chi connectivity index (χ1n) is 4.93. The van der Waals surface area contributed by atoms with Gasteiger partial charge in [-0.1, -0.05) is 26.2 Å². The van der Waals surface area contributed by atoms with Gasteiger partial charge in [0.05, 0.1) is 5.37 Å². The van der Waals surface area contributed by atoms with E-state index >= 15 is 0 Å². The van der Waals surface area contributed by atoms with Crippen LogP contribution in [0.4, 0.5) is 0 Å². The standard InChI is InChI=1S/C10H19NS/c1-4-5-6-7-10-11-8(2)9(3)12-10/h9-10H,4-7H2,1-3H3/t9-,10+/m0/s1. The van der Waals surface area contributed by atoms with Gasteiger partial charge in [0.25, 0.3) is 0 Å². The zero-order valence-corrected chi connectivity index (χ0v) is 9.16. The summed E-state index contributed by atoms with van der Waals surface area (Å²) in [4.78, 5) is 4.62. The lowest BCUT2D eigenvalue weighted by Crippen LogP contribution is -2.02. The number of unbranched alkanes of at least 4 members (excludes halogenated alkanes) is 2. The Morgan fingerprint density at radius 2 is 2.17 bits per heavy atom. The number of hydrogen-bond acceptors (Lipinski definition) is 2. The number of nitrogens with zero attached hydrogens (tertiary/aromatic N) is 1. The summed E-state index contributed by atoms with van der Waals surface area (Å²) in [6, 6.07) is 0. The molecule has 1 nitrogen and oxygen atoms in total. The molecule has 1 aliphatic rings. The van der Waals surface area contributed by atoms with E-state index in [4.69, 9.17) is 0 Å². The van der Waals surface area contributed by atoms with Crippen LogP contribution >= 0.6 is 11.8 Å². The van der Waals surface area contributed by atoms with Crippen LogP contribution in [0.1, 0.15) is 46.5 Å². The van der Waals surface area contributed by atoms with Crippen molar-refractivity contribution in [2.45, 2.75) is 57.1 Å². The normalized spacial score (nSPS) is 29.1. The molecule has 0 amide bonds. The van der Waals surface area contributed by atoms with Gasteiger partial charge in [0, 0.05) is 11.0 Å². The molecule has 0 radical (unpaired) electrons. The van der Waals surface area contributed by atoms with Crippen LogP contribution in [-0.2, 0) is 0 Å². The van der Waals surface area contributed by atoms with Gasteiger partial charge in [-0.15, -0.1) is 11.8 Å². The summed E-state index contributed by atoms with van der Waals surface area (Å²) in [5, 5.41) is 1.24. The summed E-state index contributed by atoms with van der Waals surface area (Å²) in [5.41, 5.74) is 1.33. The second kappa shape index (κ2) is 4.90. The largest absolute Gasteiger partial charge is 0.279 e. The molecule has 0 aromatic heterocycles. The summed E-state index contributed by atoms with van der Waals surface area (Å²) < 4.78 is 0. The maximum Gasteiger partial charge on any atom is 0.0957 e. The maximum absolute atomic E-state index is 4.62. The highest BCUT2D eigenvalue weighted by Crippen LogP contribution is 2.30. The molecule has 0 aliphatic carbocycles. The zero-order chi connectivity index (χ0) is 8.97. The third-order valence-corrected chi connectivity index (χ3v) is 3.76. The predicted octanol–water partition coefficient (Wildman–Crippen LogP) is 3.49. The molecular weight excluding hydrogens is 166 g/mol. The summed E-state index contributed by atoms with van der Waals surface area (Å²) in [7, 11) is 0. The first kappa shape index (κ1) is 10.1. The molecule has 0 unspecified atom stereocenters. The average Bonchev–Trinajstić information content (AvgIpc) is 2.32. The SMILES string of the molecule is CCCCC[C@@H]1N=C(C)[C@H](C)S1. The smallest absolute Gasteiger partial charge is 0.0957 e. The van der Waals surface area contributed by atoms with Gasteiger partial charge in [-0.25, -0.2) is 0 Å². The van der Waals surface area contributed by atoms with E-state index in [0.717, 1.165) is 0 Å². The molecule has 12 heavy (non-hydrogen) atoms. The minimum Gasteiger partial charge on any atom is -0.279 e. The van der Waals surface area contributed by atoms with E-state index in [1.807, 2.05) is 11.8 Å². The van der Waals surface area contributed by atoms with E-state index in [2.05, 4.69) is 25.8 Å². The van der Waals surface area contributed by atoms with Crippen molar-refractivity contribution in [3.63, 3.8) is 0 Å². The minimum absolute atomic E-state index is 0.576. The van der Waals surface area contributed by atoms with Crippen molar-refractivity contribution >= 4 is 17.5 Å². The van der Waals surface area contributed by atoms with Crippen LogP contribution in [0.15, 0.2) is 4.99 Å². The monoisotopic (exact) mass is 185 g/mol. The van der Waals surface area contributed by atoms with Gasteiger partial charge >= 0.3 is 0 Å². The highest BCUT2D eigenvalue weighted by Gasteiger charge is 2.21. The van der Waals surface area contributed by atoms with Crippen molar-refractivity contribution in [3.05, 3.63) is 0 Å². The molecule has 0 fully saturated rings. The second-order valence-electron chi connectivity index (χ2n) is 3.50. The molecule has 2 heteroatoms. The molecule has 0 aromatic rings. The van der Waals surface area contributed by atoms with Gasteiger partial charge in [0.15, 0.2) is 0 Å². The first-order valence-corrected chi connectivity index (χ1v) is 5.88. The van der Waals surface area contributed by atoms with Crippen molar-refractivity contribution < 1.29 is 0 Å². The Kier molecular flexibility index (Phi) is 4.13. The van der Waals surface area contributed by atoms with E-state index in [1.54, 1.807) is 0 Å². The number of hydrogen-bond donors (Lipinski definition) is 0. The molecule has 70 valence electrons. The fourth-order valence-electron chi connectivity index (χ4n) is 1.40. The van der Waals surface area contributed by atoms with E-state index in [1.165, 1.54) is 31.4 Å². The van der Waals surface area contributed by atoms with Gasteiger partial charge < -0.3 is 0 Å².